The van der Waals surface area contributed by atoms with E-state index in [0.717, 1.165) is 0 Å². The summed E-state index contributed by atoms with van der Waals surface area (Å²) in [5.41, 5.74) is 13.0. The lowest BCUT2D eigenvalue weighted by atomic mass is 10.1. The van der Waals surface area contributed by atoms with E-state index in [4.69, 9.17) is 16.2 Å². The maximum absolute atomic E-state index is 12.2. The Morgan fingerprint density at radius 3 is 2.39 bits per heavy atom. The van der Waals surface area contributed by atoms with Gasteiger partial charge in [-0.1, -0.05) is 18.2 Å². The minimum absolute atomic E-state index is 0.129. The van der Waals surface area contributed by atoms with E-state index in [1.165, 1.54) is 9.58 Å². The average molecular weight is 421 g/mol. The number of aromatic nitrogens is 2. The van der Waals surface area contributed by atoms with Crippen LogP contribution in [0.1, 0.15) is 29.2 Å². The van der Waals surface area contributed by atoms with Gasteiger partial charge >= 0.3 is 6.09 Å². The number of benzene rings is 2. The summed E-state index contributed by atoms with van der Waals surface area (Å²) in [6.07, 6.45) is 0.403. The first-order valence-corrected chi connectivity index (χ1v) is 9.93. The Bertz CT molecular complexity index is 1100. The summed E-state index contributed by atoms with van der Waals surface area (Å²) in [6.45, 7) is 0.716. The Morgan fingerprint density at radius 2 is 1.74 bits per heavy atom. The topological polar surface area (TPSA) is 137 Å². The van der Waals surface area contributed by atoms with Gasteiger partial charge in [-0.3, -0.25) is 4.79 Å². The molecule has 9 nitrogen and oxygen atoms in total. The second kappa shape index (κ2) is 8.39. The Balaban J connectivity index is 1.64. The maximum atomic E-state index is 12.2. The van der Waals surface area contributed by atoms with Crippen molar-refractivity contribution in [2.45, 2.75) is 18.9 Å². The molecule has 0 radical (unpaired) electrons. The highest BCUT2D eigenvalue weighted by Gasteiger charge is 2.30. The lowest BCUT2D eigenvalue weighted by Crippen LogP contribution is -2.40. The van der Waals surface area contributed by atoms with Crippen LogP contribution >= 0.6 is 0 Å². The molecule has 9 heteroatoms. The fourth-order valence-corrected chi connectivity index (χ4v) is 3.80. The fraction of sp³-hybridized carbons (Fsp3) is 0.227. The lowest BCUT2D eigenvalue weighted by molar-refractivity contribution is 0.100. The van der Waals surface area contributed by atoms with E-state index in [2.05, 4.69) is 5.10 Å². The number of amides is 2. The van der Waals surface area contributed by atoms with Crippen LogP contribution in [-0.4, -0.2) is 44.9 Å². The number of nitrogens with two attached hydrogens (primary N) is 2. The highest BCUT2D eigenvalue weighted by atomic mass is 16.5. The number of para-hydroxylation sites is 1. The fourth-order valence-electron chi connectivity index (χ4n) is 3.80. The normalized spacial score (nSPS) is 16.1. The second-order valence-corrected chi connectivity index (χ2v) is 7.38. The van der Waals surface area contributed by atoms with E-state index >= 15 is 0 Å². The number of nitrogen functional groups attached to an aromatic ring is 1. The van der Waals surface area contributed by atoms with Crippen LogP contribution in [-0.2, 0) is 0 Å². The summed E-state index contributed by atoms with van der Waals surface area (Å²) in [4.78, 5) is 24.8. The van der Waals surface area contributed by atoms with Crippen molar-refractivity contribution in [2.24, 2.45) is 5.73 Å². The number of nitrogens with zero attached hydrogens (tertiary/aromatic N) is 3. The van der Waals surface area contributed by atoms with Crippen molar-refractivity contribution >= 4 is 17.8 Å². The van der Waals surface area contributed by atoms with Gasteiger partial charge in [0.1, 0.15) is 28.6 Å². The van der Waals surface area contributed by atoms with Crippen molar-refractivity contribution in [3.05, 3.63) is 60.2 Å². The molecule has 1 atom stereocenters. The number of carbonyl (C=O) groups excluding carboxylic acids is 1. The molecule has 1 aliphatic rings. The van der Waals surface area contributed by atoms with Crippen LogP contribution in [0, 0.1) is 0 Å². The first kappa shape index (κ1) is 20.3. The average Bonchev–Trinajstić information content (AvgIpc) is 3.12. The van der Waals surface area contributed by atoms with Crippen molar-refractivity contribution in [3.8, 4) is 22.8 Å². The summed E-state index contributed by atoms with van der Waals surface area (Å²) >= 11 is 0. The van der Waals surface area contributed by atoms with E-state index in [9.17, 15) is 14.7 Å². The van der Waals surface area contributed by atoms with Gasteiger partial charge in [0.15, 0.2) is 0 Å². The second-order valence-electron chi connectivity index (χ2n) is 7.38. The lowest BCUT2D eigenvalue weighted by Gasteiger charge is -2.31. The molecule has 5 N–H and O–H groups in total. The van der Waals surface area contributed by atoms with Crippen LogP contribution in [0.2, 0.25) is 0 Å². The zero-order valence-corrected chi connectivity index (χ0v) is 16.8. The Kier molecular flexibility index (Phi) is 5.48. The molecule has 0 bridgehead atoms. The molecule has 2 amide bonds. The minimum atomic E-state index is -0.986. The number of rotatable bonds is 5. The zero-order chi connectivity index (χ0) is 22.0. The van der Waals surface area contributed by atoms with Gasteiger partial charge < -0.3 is 26.2 Å². The van der Waals surface area contributed by atoms with Gasteiger partial charge in [-0.15, -0.1) is 0 Å². The highest BCUT2D eigenvalue weighted by molar-refractivity contribution is 6.03. The molecular weight excluding hydrogens is 398 g/mol. The third-order valence-corrected chi connectivity index (χ3v) is 5.31. The molecule has 0 spiro atoms. The molecule has 31 heavy (non-hydrogen) atoms. The third-order valence-electron chi connectivity index (χ3n) is 5.31. The van der Waals surface area contributed by atoms with E-state index < -0.39 is 12.0 Å². The quantitative estimate of drug-likeness (QED) is 0.578. The van der Waals surface area contributed by atoms with E-state index in [1.807, 2.05) is 30.3 Å². The Morgan fingerprint density at radius 1 is 1.06 bits per heavy atom. The molecule has 3 aromatic rings. The third kappa shape index (κ3) is 4.16. The molecule has 1 unspecified atom stereocenters. The molecule has 1 aromatic heterocycles. The number of anilines is 1. The van der Waals surface area contributed by atoms with Crippen LogP contribution < -0.4 is 16.2 Å². The predicted octanol–water partition coefficient (Wildman–Crippen LogP) is 3.34. The van der Waals surface area contributed by atoms with E-state index in [-0.39, 0.29) is 24.0 Å². The van der Waals surface area contributed by atoms with E-state index in [0.29, 0.717) is 42.1 Å². The SMILES string of the molecule is NC(=O)c1c(-c2ccc(Oc3ccccc3)cc2)nn(C2CCCN(C(=O)O)C2)c1N. The first-order valence-electron chi connectivity index (χ1n) is 9.93. The monoisotopic (exact) mass is 421 g/mol. The predicted molar refractivity (Wildman–Crippen MR) is 115 cm³/mol. The molecule has 0 aliphatic carbocycles. The van der Waals surface area contributed by atoms with Gasteiger partial charge in [-0.05, 0) is 49.2 Å². The Labute approximate surface area is 178 Å². The molecule has 160 valence electrons. The molecule has 1 fully saturated rings. The maximum Gasteiger partial charge on any atom is 0.407 e. The van der Waals surface area contributed by atoms with Gasteiger partial charge in [0.05, 0.1) is 6.04 Å². The van der Waals surface area contributed by atoms with Crippen molar-refractivity contribution in [1.82, 2.24) is 14.7 Å². The number of hydrogen-bond donors (Lipinski definition) is 3. The highest BCUT2D eigenvalue weighted by Crippen LogP contribution is 2.33. The number of carbonyl (C=O) groups is 2. The molecule has 0 saturated carbocycles. The van der Waals surface area contributed by atoms with Gasteiger partial charge in [0.2, 0.25) is 0 Å². The zero-order valence-electron chi connectivity index (χ0n) is 16.8. The first-order chi connectivity index (χ1) is 14.9. The van der Waals surface area contributed by atoms with Crippen LogP contribution in [0.4, 0.5) is 10.6 Å². The van der Waals surface area contributed by atoms with Crippen molar-refractivity contribution in [1.29, 1.82) is 0 Å². The molecule has 4 rings (SSSR count). The number of primary amides is 1. The summed E-state index contributed by atoms with van der Waals surface area (Å²) in [5, 5.41) is 13.9. The van der Waals surface area contributed by atoms with Crippen LogP contribution in [0.5, 0.6) is 11.5 Å². The van der Waals surface area contributed by atoms with Gasteiger partial charge in [0, 0.05) is 18.7 Å². The largest absolute Gasteiger partial charge is 0.465 e. The Hall–Kier alpha value is -4.01. The standard InChI is InChI=1S/C22H23N5O4/c23-20-18(21(24)28)19(25-27(20)15-5-4-12-26(13-15)22(29)30)14-8-10-17(11-9-14)31-16-6-2-1-3-7-16/h1-3,6-11,15H,4-5,12-13,23H2,(H2,24,28)(H,29,30). The molecule has 2 aromatic carbocycles. The van der Waals surface area contributed by atoms with Gasteiger partial charge in [0.25, 0.3) is 5.91 Å². The van der Waals surface area contributed by atoms with Gasteiger partial charge in [-0.2, -0.15) is 5.10 Å². The van der Waals surface area contributed by atoms with Gasteiger partial charge in [-0.25, -0.2) is 9.48 Å². The summed E-state index contributed by atoms with van der Waals surface area (Å²) in [7, 11) is 0. The smallest absolute Gasteiger partial charge is 0.407 e. The summed E-state index contributed by atoms with van der Waals surface area (Å²) in [5.74, 6) is 0.799. The molecule has 1 saturated heterocycles. The number of likely N-dealkylation sites (tertiary alicyclic amines) is 1. The molecule has 1 aliphatic heterocycles. The van der Waals surface area contributed by atoms with Crippen molar-refractivity contribution in [2.75, 3.05) is 18.8 Å². The van der Waals surface area contributed by atoms with E-state index in [1.54, 1.807) is 24.3 Å². The van der Waals surface area contributed by atoms with Crippen molar-refractivity contribution < 1.29 is 19.4 Å². The molecular formula is C22H23N5O4. The number of hydrogen-bond acceptors (Lipinski definition) is 5. The van der Waals surface area contributed by atoms with Crippen LogP contribution in [0.3, 0.4) is 0 Å². The van der Waals surface area contributed by atoms with Crippen LogP contribution in [0.25, 0.3) is 11.3 Å². The summed E-state index contributed by atoms with van der Waals surface area (Å²) in [6, 6.07) is 16.2. The number of ether oxygens (including phenoxy) is 1. The minimum Gasteiger partial charge on any atom is -0.465 e. The number of piperidine rings is 1. The molecule has 2 heterocycles. The van der Waals surface area contributed by atoms with Crippen molar-refractivity contribution in [3.63, 3.8) is 0 Å². The number of carboxylic acid groups (broad SMARTS) is 1. The van der Waals surface area contributed by atoms with Crippen LogP contribution in [0.15, 0.2) is 54.6 Å². The summed E-state index contributed by atoms with van der Waals surface area (Å²) < 4.78 is 7.33.